The molecule has 0 bridgehead atoms. The summed E-state index contributed by atoms with van der Waals surface area (Å²) < 4.78 is 10.4. The maximum atomic E-state index is 12.2. The molecule has 7 heteroatoms. The lowest BCUT2D eigenvalue weighted by Crippen LogP contribution is -2.33. The number of amides is 1. The summed E-state index contributed by atoms with van der Waals surface area (Å²) in [6.45, 7) is 1.40. The predicted octanol–water partition coefficient (Wildman–Crippen LogP) is 3.15. The van der Waals surface area contributed by atoms with Gasteiger partial charge >= 0.3 is 0 Å². The number of hydrogen-bond acceptors (Lipinski definition) is 4. The Labute approximate surface area is 139 Å². The lowest BCUT2D eigenvalue weighted by molar-refractivity contribution is 0.0954. The molecule has 0 radical (unpaired) electrons. The molecule has 1 saturated carbocycles. The van der Waals surface area contributed by atoms with E-state index in [4.69, 9.17) is 32.7 Å². The minimum absolute atomic E-state index is 0.208. The Hall–Kier alpha value is -1.30. The zero-order valence-corrected chi connectivity index (χ0v) is 13.8. The normalized spacial score (nSPS) is 14.8. The summed E-state index contributed by atoms with van der Waals surface area (Å²) in [6.07, 6.45) is 2.35. The van der Waals surface area contributed by atoms with E-state index in [9.17, 15) is 4.79 Å². The Morgan fingerprint density at radius 1 is 1.32 bits per heavy atom. The van der Waals surface area contributed by atoms with Crippen LogP contribution in [-0.4, -0.2) is 38.8 Å². The molecule has 1 aliphatic carbocycles. The molecule has 22 heavy (non-hydrogen) atoms. The summed E-state index contributed by atoms with van der Waals surface area (Å²) in [5.74, 6) is 0.258. The third kappa shape index (κ3) is 5.48. The van der Waals surface area contributed by atoms with Gasteiger partial charge in [-0.25, -0.2) is 4.99 Å². The van der Waals surface area contributed by atoms with Crippen LogP contribution in [-0.2, 0) is 9.47 Å². The number of aliphatic imine (C=N–C) groups is 1. The largest absolute Gasteiger partial charge is 0.463 e. The third-order valence-electron chi connectivity index (χ3n) is 3.12. The molecular formula is C15H18Cl2N2O3. The summed E-state index contributed by atoms with van der Waals surface area (Å²) in [5.41, 5.74) is 0.392. The van der Waals surface area contributed by atoms with Gasteiger partial charge in [0.25, 0.3) is 11.9 Å². The SMILES string of the molecule is COCCOC(=NCC1CC1)NC(=O)c1ccc(Cl)c(Cl)c1. The van der Waals surface area contributed by atoms with Crippen molar-refractivity contribution in [2.45, 2.75) is 12.8 Å². The van der Waals surface area contributed by atoms with Crippen molar-refractivity contribution in [3.8, 4) is 0 Å². The quantitative estimate of drug-likeness (QED) is 0.489. The first-order valence-electron chi connectivity index (χ1n) is 7.02. The van der Waals surface area contributed by atoms with Gasteiger partial charge in [-0.05, 0) is 37.0 Å². The van der Waals surface area contributed by atoms with Crippen LogP contribution >= 0.6 is 23.2 Å². The Morgan fingerprint density at radius 3 is 2.73 bits per heavy atom. The second-order valence-electron chi connectivity index (χ2n) is 5.01. The first-order chi connectivity index (χ1) is 10.6. The number of benzene rings is 1. The molecule has 120 valence electrons. The van der Waals surface area contributed by atoms with Gasteiger partial charge < -0.3 is 9.47 Å². The highest BCUT2D eigenvalue weighted by atomic mass is 35.5. The summed E-state index contributed by atoms with van der Waals surface area (Å²) in [5, 5.41) is 3.38. The molecule has 0 heterocycles. The van der Waals surface area contributed by atoms with Crippen molar-refractivity contribution in [3.63, 3.8) is 0 Å². The van der Waals surface area contributed by atoms with Crippen molar-refractivity contribution in [1.82, 2.24) is 5.32 Å². The topological polar surface area (TPSA) is 59.9 Å². The van der Waals surface area contributed by atoms with Crippen molar-refractivity contribution >= 4 is 35.1 Å². The van der Waals surface area contributed by atoms with E-state index in [2.05, 4.69) is 10.3 Å². The Bertz CT molecular complexity index is 560. The smallest absolute Gasteiger partial charge is 0.291 e. The third-order valence-corrected chi connectivity index (χ3v) is 3.86. The standard InChI is InChI=1S/C15H18Cl2N2O3/c1-21-6-7-22-15(18-9-10-2-3-10)19-14(20)11-4-5-12(16)13(17)8-11/h4-5,8,10H,2-3,6-7,9H2,1H3,(H,18,19,20). The van der Waals surface area contributed by atoms with Crippen molar-refractivity contribution < 1.29 is 14.3 Å². The second kappa shape index (κ2) is 8.36. The van der Waals surface area contributed by atoms with E-state index in [0.29, 0.717) is 41.3 Å². The molecule has 0 unspecified atom stereocenters. The average molecular weight is 345 g/mol. The number of nitrogens with zero attached hydrogens (tertiary/aromatic N) is 1. The van der Waals surface area contributed by atoms with Crippen LogP contribution in [0.1, 0.15) is 23.2 Å². The average Bonchev–Trinajstić information content (AvgIpc) is 3.31. The molecule has 0 aromatic heterocycles. The minimum Gasteiger partial charge on any atom is -0.463 e. The maximum absolute atomic E-state index is 12.2. The maximum Gasteiger partial charge on any atom is 0.291 e. The van der Waals surface area contributed by atoms with Crippen LogP contribution in [0.5, 0.6) is 0 Å². The Balaban J connectivity index is 1.98. The number of ether oxygens (including phenoxy) is 2. The second-order valence-corrected chi connectivity index (χ2v) is 5.83. The zero-order valence-electron chi connectivity index (χ0n) is 12.3. The minimum atomic E-state index is -0.342. The van der Waals surface area contributed by atoms with Crippen molar-refractivity contribution in [1.29, 1.82) is 0 Å². The highest BCUT2D eigenvalue weighted by molar-refractivity contribution is 6.42. The lowest BCUT2D eigenvalue weighted by atomic mass is 10.2. The molecule has 0 saturated heterocycles. The van der Waals surface area contributed by atoms with Crippen LogP contribution in [0.15, 0.2) is 23.2 Å². The summed E-state index contributed by atoms with van der Waals surface area (Å²) >= 11 is 11.8. The number of halogens is 2. The van der Waals surface area contributed by atoms with E-state index in [1.807, 2.05) is 0 Å². The van der Waals surface area contributed by atoms with E-state index in [1.165, 1.54) is 18.9 Å². The molecule has 1 aliphatic rings. The van der Waals surface area contributed by atoms with E-state index in [0.717, 1.165) is 0 Å². The molecule has 0 spiro atoms. The van der Waals surface area contributed by atoms with E-state index >= 15 is 0 Å². The highest BCUT2D eigenvalue weighted by Crippen LogP contribution is 2.28. The Morgan fingerprint density at radius 2 is 2.09 bits per heavy atom. The van der Waals surface area contributed by atoms with Gasteiger partial charge in [-0.15, -0.1) is 0 Å². The van der Waals surface area contributed by atoms with Crippen molar-refractivity contribution in [3.05, 3.63) is 33.8 Å². The van der Waals surface area contributed by atoms with E-state index in [1.54, 1.807) is 19.2 Å². The Kier molecular flexibility index (Phi) is 6.49. The zero-order chi connectivity index (χ0) is 15.9. The molecule has 1 aromatic rings. The van der Waals surface area contributed by atoms with Crippen molar-refractivity contribution in [2.24, 2.45) is 10.9 Å². The summed E-state index contributed by atoms with van der Waals surface area (Å²) in [6, 6.07) is 4.88. The fourth-order valence-electron chi connectivity index (χ4n) is 1.66. The van der Waals surface area contributed by atoms with E-state index in [-0.39, 0.29) is 11.9 Å². The first kappa shape index (κ1) is 17.1. The van der Waals surface area contributed by atoms with Gasteiger partial charge in [-0.1, -0.05) is 23.2 Å². The monoisotopic (exact) mass is 344 g/mol. The number of hydrogen-bond donors (Lipinski definition) is 1. The van der Waals surface area contributed by atoms with Crippen LogP contribution < -0.4 is 5.32 Å². The molecule has 1 amide bonds. The van der Waals surface area contributed by atoms with Gasteiger partial charge in [0.05, 0.1) is 16.7 Å². The van der Waals surface area contributed by atoms with Gasteiger partial charge in [0.15, 0.2) is 0 Å². The predicted molar refractivity (Wildman–Crippen MR) is 86.8 cm³/mol. The number of carbonyl (C=O) groups is 1. The number of carbonyl (C=O) groups excluding carboxylic acids is 1. The molecular weight excluding hydrogens is 327 g/mol. The molecule has 5 nitrogen and oxygen atoms in total. The molecule has 2 rings (SSSR count). The van der Waals surface area contributed by atoms with Gasteiger partial charge in [-0.2, -0.15) is 0 Å². The van der Waals surface area contributed by atoms with Crippen LogP contribution in [0.4, 0.5) is 0 Å². The fourth-order valence-corrected chi connectivity index (χ4v) is 1.96. The lowest BCUT2D eigenvalue weighted by Gasteiger charge is -2.11. The first-order valence-corrected chi connectivity index (χ1v) is 7.78. The van der Waals surface area contributed by atoms with Gasteiger partial charge in [0.2, 0.25) is 0 Å². The fraction of sp³-hybridized carbons (Fsp3) is 0.467. The number of nitrogens with one attached hydrogen (secondary N) is 1. The number of amidine groups is 1. The summed E-state index contributed by atoms with van der Waals surface area (Å²) in [7, 11) is 1.58. The van der Waals surface area contributed by atoms with Crippen LogP contribution in [0.3, 0.4) is 0 Å². The highest BCUT2D eigenvalue weighted by Gasteiger charge is 2.21. The molecule has 0 atom stereocenters. The molecule has 1 N–H and O–H groups in total. The number of methoxy groups -OCH3 is 1. The molecule has 0 aliphatic heterocycles. The van der Waals surface area contributed by atoms with Gasteiger partial charge in [0.1, 0.15) is 6.61 Å². The van der Waals surface area contributed by atoms with Gasteiger partial charge in [0, 0.05) is 19.2 Å². The summed E-state index contributed by atoms with van der Waals surface area (Å²) in [4.78, 5) is 16.5. The molecule has 1 fully saturated rings. The van der Waals surface area contributed by atoms with Crippen LogP contribution in [0.2, 0.25) is 10.0 Å². The molecule has 1 aromatic carbocycles. The number of rotatable bonds is 6. The van der Waals surface area contributed by atoms with Crippen LogP contribution in [0.25, 0.3) is 0 Å². The van der Waals surface area contributed by atoms with E-state index < -0.39 is 0 Å². The van der Waals surface area contributed by atoms with Crippen molar-refractivity contribution in [2.75, 3.05) is 26.9 Å². The van der Waals surface area contributed by atoms with Gasteiger partial charge in [-0.3, -0.25) is 10.1 Å². The van der Waals surface area contributed by atoms with Crippen LogP contribution in [0, 0.1) is 5.92 Å².